The van der Waals surface area contributed by atoms with E-state index in [4.69, 9.17) is 23.9 Å². The van der Waals surface area contributed by atoms with Gasteiger partial charge in [0.25, 0.3) is 0 Å². The van der Waals surface area contributed by atoms with E-state index in [-0.39, 0.29) is 48.8 Å². The van der Waals surface area contributed by atoms with Gasteiger partial charge in [-0.2, -0.15) is 0 Å². The van der Waals surface area contributed by atoms with Gasteiger partial charge in [-0.1, -0.05) is 52.0 Å². The summed E-state index contributed by atoms with van der Waals surface area (Å²) >= 11 is 0. The molecule has 1 aromatic carbocycles. The maximum absolute atomic E-state index is 14.2. The molecule has 1 saturated heterocycles. The van der Waals surface area contributed by atoms with E-state index < -0.39 is 16.8 Å². The van der Waals surface area contributed by atoms with Crippen LogP contribution in [0.15, 0.2) is 30.3 Å². The number of pyridine rings is 1. The highest BCUT2D eigenvalue weighted by molar-refractivity contribution is 5.83. The maximum Gasteiger partial charge on any atom is 0.308 e. The summed E-state index contributed by atoms with van der Waals surface area (Å²) in [6, 6.07) is 6.47. The monoisotopic (exact) mass is 624 g/mol. The second-order valence-corrected chi connectivity index (χ2v) is 14.5. The first-order valence-corrected chi connectivity index (χ1v) is 15.7. The number of amides is 1. The Morgan fingerprint density at radius 1 is 1.13 bits per heavy atom. The van der Waals surface area contributed by atoms with E-state index in [1.807, 2.05) is 51.7 Å². The summed E-state index contributed by atoms with van der Waals surface area (Å²) in [6.45, 7) is 18.5. The zero-order chi connectivity index (χ0) is 33.3. The summed E-state index contributed by atoms with van der Waals surface area (Å²) in [7, 11) is 1.52. The van der Waals surface area contributed by atoms with Crippen LogP contribution in [0, 0.1) is 5.82 Å². The number of hydrogen-bond acceptors (Lipinski definition) is 7. The van der Waals surface area contributed by atoms with Crippen LogP contribution < -0.4 is 0 Å². The van der Waals surface area contributed by atoms with Gasteiger partial charge >= 0.3 is 5.97 Å². The molecule has 9 heteroatoms. The highest BCUT2D eigenvalue weighted by Crippen LogP contribution is 2.43. The van der Waals surface area contributed by atoms with Gasteiger partial charge in [0.1, 0.15) is 18.0 Å². The van der Waals surface area contributed by atoms with E-state index in [1.54, 1.807) is 12.1 Å². The van der Waals surface area contributed by atoms with Crippen molar-refractivity contribution in [1.29, 1.82) is 0 Å². The topological polar surface area (TPSA) is 87.2 Å². The van der Waals surface area contributed by atoms with Crippen LogP contribution in [0.1, 0.15) is 104 Å². The molecular weight excluding hydrogens is 575 g/mol. The fourth-order valence-electron chi connectivity index (χ4n) is 6.28. The number of esters is 1. The van der Waals surface area contributed by atoms with E-state index >= 15 is 0 Å². The third kappa shape index (κ3) is 8.57. The number of halogens is 1. The maximum atomic E-state index is 14.2. The van der Waals surface area contributed by atoms with Gasteiger partial charge < -0.3 is 23.8 Å². The molecule has 0 saturated carbocycles. The summed E-state index contributed by atoms with van der Waals surface area (Å²) < 4.78 is 37.3. The van der Waals surface area contributed by atoms with Crippen molar-refractivity contribution in [1.82, 2.24) is 9.88 Å². The molecular formula is C36H49FN2O6. The Morgan fingerprint density at radius 3 is 2.40 bits per heavy atom. The Kier molecular flexibility index (Phi) is 10.3. The summed E-state index contributed by atoms with van der Waals surface area (Å²) in [5, 5.41) is 0. The number of methoxy groups -OCH3 is 1. The molecule has 0 N–H and O–H groups in total. The number of carbonyl (C=O) groups excluding carboxylic acids is 2. The number of nitrogens with zero attached hydrogens (tertiary/aromatic N) is 2. The molecule has 2 aliphatic rings. The number of hydrogen-bond donors (Lipinski definition) is 0. The Balaban J connectivity index is 1.82. The lowest BCUT2D eigenvalue weighted by atomic mass is 9.77. The SMILES string of the molecule is COCC(=O)N1Cc2c(nc(C(C)C)c(C=C[C@@H]3C[C@H](CC(=O)OC(C)(C)C)OC(C)(C)O3)c2-c2ccc(F)cc2)C(C)(C)C1. The minimum atomic E-state index is -0.916. The van der Waals surface area contributed by atoms with Crippen molar-refractivity contribution in [2.24, 2.45) is 0 Å². The van der Waals surface area contributed by atoms with Crippen molar-refractivity contribution in [2.75, 3.05) is 20.3 Å². The lowest BCUT2D eigenvalue weighted by Gasteiger charge is -2.41. The van der Waals surface area contributed by atoms with E-state index in [1.165, 1.54) is 19.2 Å². The lowest BCUT2D eigenvalue weighted by molar-refractivity contribution is -0.290. The largest absolute Gasteiger partial charge is 0.460 e. The number of aromatic nitrogens is 1. The Bertz CT molecular complexity index is 1420. The van der Waals surface area contributed by atoms with Crippen molar-refractivity contribution in [3.63, 3.8) is 0 Å². The number of fused-ring (bicyclic) bond motifs is 1. The van der Waals surface area contributed by atoms with Crippen LogP contribution in [0.2, 0.25) is 0 Å². The van der Waals surface area contributed by atoms with E-state index in [2.05, 4.69) is 27.7 Å². The summed E-state index contributed by atoms with van der Waals surface area (Å²) in [5.41, 5.74) is 4.41. The molecule has 1 amide bonds. The van der Waals surface area contributed by atoms with Crippen molar-refractivity contribution >= 4 is 18.0 Å². The molecule has 2 atom stereocenters. The zero-order valence-electron chi connectivity index (χ0n) is 28.5. The molecule has 0 bridgehead atoms. The molecule has 0 aliphatic carbocycles. The van der Waals surface area contributed by atoms with Crippen LogP contribution in [0.5, 0.6) is 0 Å². The smallest absolute Gasteiger partial charge is 0.308 e. The third-order valence-electron chi connectivity index (χ3n) is 7.91. The molecule has 8 nitrogen and oxygen atoms in total. The Hall–Kier alpha value is -3.14. The average molecular weight is 625 g/mol. The van der Waals surface area contributed by atoms with Crippen molar-refractivity contribution < 1.29 is 32.9 Å². The molecule has 1 fully saturated rings. The first-order chi connectivity index (χ1) is 20.9. The Morgan fingerprint density at radius 2 is 1.80 bits per heavy atom. The molecule has 0 unspecified atom stereocenters. The highest BCUT2D eigenvalue weighted by Gasteiger charge is 2.39. The van der Waals surface area contributed by atoms with Crippen LogP contribution in [-0.4, -0.2) is 65.6 Å². The molecule has 2 aromatic rings. The van der Waals surface area contributed by atoms with Gasteiger partial charge in [0, 0.05) is 43.2 Å². The van der Waals surface area contributed by atoms with Gasteiger partial charge in [-0.25, -0.2) is 4.39 Å². The predicted octanol–water partition coefficient (Wildman–Crippen LogP) is 6.93. The molecule has 45 heavy (non-hydrogen) atoms. The number of benzene rings is 1. The minimum absolute atomic E-state index is 0.0110. The predicted molar refractivity (Wildman–Crippen MR) is 172 cm³/mol. The highest BCUT2D eigenvalue weighted by atomic mass is 19.1. The zero-order valence-corrected chi connectivity index (χ0v) is 28.5. The molecule has 0 radical (unpaired) electrons. The van der Waals surface area contributed by atoms with Crippen molar-refractivity contribution in [2.45, 2.75) is 117 Å². The normalized spacial score (nSPS) is 21.2. The van der Waals surface area contributed by atoms with Crippen LogP contribution in [-0.2, 0) is 40.5 Å². The van der Waals surface area contributed by atoms with Gasteiger partial charge in [0.15, 0.2) is 5.79 Å². The van der Waals surface area contributed by atoms with Crippen molar-refractivity contribution in [3.05, 3.63) is 58.7 Å². The number of rotatable bonds is 8. The van der Waals surface area contributed by atoms with Crippen LogP contribution in [0.4, 0.5) is 4.39 Å². The molecule has 0 spiro atoms. The standard InChI is InChI=1S/C36H49FN2O6/c1-22(2)32-27(16-15-25-17-26(44-36(8,9)43-25)18-30(41)45-34(3,4)5)31(23-11-13-24(37)14-12-23)28-19-39(29(40)20-42-10)21-35(6,7)33(28)38-32/h11-16,22,25-26H,17-21H2,1-10H3/t25-,26-/m1/s1. The van der Waals surface area contributed by atoms with Gasteiger partial charge in [0.05, 0.1) is 30.0 Å². The quantitative estimate of drug-likeness (QED) is 0.294. The second kappa shape index (κ2) is 13.3. The van der Waals surface area contributed by atoms with Crippen LogP contribution in [0.3, 0.4) is 0 Å². The third-order valence-corrected chi connectivity index (χ3v) is 7.91. The summed E-state index contributed by atoms with van der Waals surface area (Å²) in [4.78, 5) is 32.8. The van der Waals surface area contributed by atoms with Gasteiger partial charge in [-0.3, -0.25) is 14.6 Å². The second-order valence-electron chi connectivity index (χ2n) is 14.5. The molecule has 1 aromatic heterocycles. The first kappa shape index (κ1) is 34.7. The van der Waals surface area contributed by atoms with E-state index in [0.717, 1.165) is 33.6 Å². The molecule has 2 aliphatic heterocycles. The Labute approximate surface area is 267 Å². The summed E-state index contributed by atoms with van der Waals surface area (Å²) in [5.74, 6) is -1.58. The lowest BCUT2D eigenvalue weighted by Crippen LogP contribution is -2.47. The molecule has 4 rings (SSSR count). The first-order valence-electron chi connectivity index (χ1n) is 15.7. The van der Waals surface area contributed by atoms with Gasteiger partial charge in [-0.05, 0) is 63.8 Å². The van der Waals surface area contributed by atoms with Gasteiger partial charge in [-0.15, -0.1) is 0 Å². The number of carbonyl (C=O) groups is 2. The molecule has 3 heterocycles. The fraction of sp³-hybridized carbons (Fsp3) is 0.583. The van der Waals surface area contributed by atoms with Gasteiger partial charge in [0.2, 0.25) is 5.91 Å². The van der Waals surface area contributed by atoms with Crippen LogP contribution >= 0.6 is 0 Å². The summed E-state index contributed by atoms with van der Waals surface area (Å²) in [6.07, 6.45) is 3.87. The van der Waals surface area contributed by atoms with Crippen molar-refractivity contribution in [3.8, 4) is 11.1 Å². The number of ether oxygens (including phenoxy) is 4. The fourth-order valence-corrected chi connectivity index (χ4v) is 6.28. The minimum Gasteiger partial charge on any atom is -0.460 e. The van der Waals surface area contributed by atoms with E-state index in [9.17, 15) is 14.0 Å². The average Bonchev–Trinajstić information content (AvgIpc) is 2.89. The molecule has 246 valence electrons. The van der Waals surface area contributed by atoms with E-state index in [0.29, 0.717) is 19.5 Å². The van der Waals surface area contributed by atoms with Crippen LogP contribution in [0.25, 0.3) is 17.2 Å².